The van der Waals surface area contributed by atoms with Crippen LogP contribution < -0.4 is 15.0 Å². The number of nitrogens with zero attached hydrogens (tertiary/aromatic N) is 3. The van der Waals surface area contributed by atoms with Crippen LogP contribution >= 0.6 is 0 Å². The third kappa shape index (κ3) is 5.49. The van der Waals surface area contributed by atoms with Crippen LogP contribution in [0.3, 0.4) is 0 Å². The maximum atomic E-state index is 13.7. The molecule has 33 heavy (non-hydrogen) atoms. The average Bonchev–Trinajstić information content (AvgIpc) is 2.95. The third-order valence-electron chi connectivity index (χ3n) is 5.88. The summed E-state index contributed by atoms with van der Waals surface area (Å²) in [7, 11) is 3.87. The Morgan fingerprint density at radius 2 is 1.97 bits per heavy atom. The molecular weight excluding hydrogens is 419 g/mol. The van der Waals surface area contributed by atoms with Crippen LogP contribution in [0.25, 0.3) is 0 Å². The SMILES string of the molecule is CNCCC(Oc1ccc(CN2CCN(C)c3ccncc3C2=O)cc1)c1cccc(F)c1. The third-order valence-corrected chi connectivity index (χ3v) is 5.88. The van der Waals surface area contributed by atoms with Gasteiger partial charge in [0.05, 0.1) is 11.3 Å². The number of amides is 1. The Morgan fingerprint density at radius 1 is 1.15 bits per heavy atom. The lowest BCUT2D eigenvalue weighted by Gasteiger charge is -2.22. The molecule has 2 aromatic carbocycles. The number of carbonyl (C=O) groups excluding carboxylic acids is 1. The first-order valence-corrected chi connectivity index (χ1v) is 11.1. The fourth-order valence-electron chi connectivity index (χ4n) is 4.03. The second kappa shape index (κ2) is 10.4. The van der Waals surface area contributed by atoms with Gasteiger partial charge in [-0.15, -0.1) is 0 Å². The molecule has 1 N–H and O–H groups in total. The summed E-state index contributed by atoms with van der Waals surface area (Å²) < 4.78 is 19.9. The van der Waals surface area contributed by atoms with Gasteiger partial charge in [-0.1, -0.05) is 24.3 Å². The molecule has 0 radical (unpaired) electrons. The normalized spacial score (nSPS) is 14.6. The van der Waals surface area contributed by atoms with Crippen LogP contribution in [0.15, 0.2) is 67.0 Å². The number of likely N-dealkylation sites (N-methyl/N-ethyl adjacent to an activating group) is 1. The molecule has 0 aliphatic carbocycles. The highest BCUT2D eigenvalue weighted by Crippen LogP contribution is 2.27. The molecule has 0 fully saturated rings. The number of aromatic nitrogens is 1. The summed E-state index contributed by atoms with van der Waals surface area (Å²) >= 11 is 0. The van der Waals surface area contributed by atoms with E-state index in [0.29, 0.717) is 30.8 Å². The number of benzene rings is 2. The summed E-state index contributed by atoms with van der Waals surface area (Å²) in [5.74, 6) is 0.423. The summed E-state index contributed by atoms with van der Waals surface area (Å²) in [6.45, 7) is 2.65. The molecule has 6 nitrogen and oxygen atoms in total. The first-order chi connectivity index (χ1) is 16.0. The van der Waals surface area contributed by atoms with Crippen molar-refractivity contribution in [1.82, 2.24) is 15.2 Å². The lowest BCUT2D eigenvalue weighted by Crippen LogP contribution is -2.33. The number of carbonyl (C=O) groups is 1. The standard InChI is InChI=1S/C26H29FN4O2/c1-28-12-11-25(20-4-3-5-21(27)16-20)33-22-8-6-19(7-9-22)18-31-15-14-30(2)24-10-13-29-17-23(24)26(31)32/h3-10,13,16-17,25,28H,11-12,14-15,18H2,1-2H3. The van der Waals surface area contributed by atoms with E-state index in [0.717, 1.165) is 29.9 Å². The van der Waals surface area contributed by atoms with Crippen LogP contribution in [0.2, 0.25) is 0 Å². The minimum Gasteiger partial charge on any atom is -0.486 e. The zero-order valence-corrected chi connectivity index (χ0v) is 19.0. The quantitative estimate of drug-likeness (QED) is 0.564. The van der Waals surface area contributed by atoms with Gasteiger partial charge in [0.2, 0.25) is 0 Å². The van der Waals surface area contributed by atoms with E-state index in [1.165, 1.54) is 12.1 Å². The number of rotatable bonds is 8. The Kier molecular flexibility index (Phi) is 7.19. The van der Waals surface area contributed by atoms with Gasteiger partial charge in [0, 0.05) is 45.5 Å². The first-order valence-electron chi connectivity index (χ1n) is 11.1. The van der Waals surface area contributed by atoms with Crippen LogP contribution in [0.4, 0.5) is 10.1 Å². The van der Waals surface area contributed by atoms with Gasteiger partial charge in [-0.3, -0.25) is 9.78 Å². The van der Waals surface area contributed by atoms with Gasteiger partial charge in [-0.05, 0) is 55.1 Å². The van der Waals surface area contributed by atoms with Gasteiger partial charge >= 0.3 is 0 Å². The number of anilines is 1. The Morgan fingerprint density at radius 3 is 2.73 bits per heavy atom. The van der Waals surface area contributed by atoms with Crippen molar-refractivity contribution in [3.63, 3.8) is 0 Å². The summed E-state index contributed by atoms with van der Waals surface area (Å²) in [6.07, 6.45) is 3.81. The molecule has 172 valence electrons. The predicted octanol–water partition coefficient (Wildman–Crippen LogP) is 4.04. The molecule has 3 aromatic rings. The average molecular weight is 449 g/mol. The molecule has 2 heterocycles. The summed E-state index contributed by atoms with van der Waals surface area (Å²) in [5.41, 5.74) is 3.36. The maximum absolute atomic E-state index is 13.7. The largest absolute Gasteiger partial charge is 0.486 e. The summed E-state index contributed by atoms with van der Waals surface area (Å²) in [4.78, 5) is 21.2. The number of hydrogen-bond donors (Lipinski definition) is 1. The van der Waals surface area contributed by atoms with Crippen molar-refractivity contribution in [2.24, 2.45) is 0 Å². The molecule has 4 rings (SSSR count). The van der Waals surface area contributed by atoms with Gasteiger partial charge in [0.25, 0.3) is 5.91 Å². The number of halogens is 1. The zero-order valence-electron chi connectivity index (χ0n) is 19.0. The van der Waals surface area contributed by atoms with Crippen molar-refractivity contribution in [3.8, 4) is 5.75 Å². The molecule has 0 spiro atoms. The van der Waals surface area contributed by atoms with Crippen molar-refractivity contribution in [2.45, 2.75) is 19.1 Å². The Hall–Kier alpha value is -3.45. The molecule has 0 bridgehead atoms. The molecule has 1 aliphatic heterocycles. The molecule has 1 aliphatic rings. The second-order valence-electron chi connectivity index (χ2n) is 8.24. The van der Waals surface area contributed by atoms with E-state index < -0.39 is 0 Å². The number of fused-ring (bicyclic) bond motifs is 1. The van der Waals surface area contributed by atoms with Crippen molar-refractivity contribution in [1.29, 1.82) is 0 Å². The fraction of sp³-hybridized carbons (Fsp3) is 0.308. The topological polar surface area (TPSA) is 57.7 Å². The van der Waals surface area contributed by atoms with Crippen LogP contribution in [0.5, 0.6) is 5.75 Å². The number of nitrogens with one attached hydrogen (secondary N) is 1. The lowest BCUT2D eigenvalue weighted by molar-refractivity contribution is 0.0754. The zero-order chi connectivity index (χ0) is 23.2. The molecule has 1 aromatic heterocycles. The van der Waals surface area contributed by atoms with E-state index in [1.807, 2.05) is 55.4 Å². The Balaban J connectivity index is 1.46. The van der Waals surface area contributed by atoms with Gasteiger partial charge in [-0.25, -0.2) is 4.39 Å². The first kappa shape index (κ1) is 22.7. The summed E-state index contributed by atoms with van der Waals surface area (Å²) in [6, 6.07) is 16.2. The molecule has 1 atom stereocenters. The van der Waals surface area contributed by atoms with Crippen LogP contribution in [0.1, 0.15) is 34.0 Å². The highest BCUT2D eigenvalue weighted by atomic mass is 19.1. The van der Waals surface area contributed by atoms with Crippen molar-refractivity contribution in [3.05, 3.63) is 89.5 Å². The van der Waals surface area contributed by atoms with Crippen molar-refractivity contribution >= 4 is 11.6 Å². The van der Waals surface area contributed by atoms with E-state index in [-0.39, 0.29) is 17.8 Å². The number of pyridine rings is 1. The highest BCUT2D eigenvalue weighted by molar-refractivity contribution is 6.00. The molecule has 1 amide bonds. The summed E-state index contributed by atoms with van der Waals surface area (Å²) in [5, 5.41) is 3.12. The van der Waals surface area contributed by atoms with Crippen LogP contribution in [0, 0.1) is 5.82 Å². The van der Waals surface area contributed by atoms with E-state index in [2.05, 4.69) is 15.2 Å². The smallest absolute Gasteiger partial charge is 0.257 e. The van der Waals surface area contributed by atoms with Gasteiger partial charge in [0.15, 0.2) is 0 Å². The Labute approximate surface area is 194 Å². The minimum absolute atomic E-state index is 0.0130. The minimum atomic E-state index is -0.273. The number of hydrogen-bond acceptors (Lipinski definition) is 5. The monoisotopic (exact) mass is 448 g/mol. The molecular formula is C26H29FN4O2. The van der Waals surface area contributed by atoms with Gasteiger partial charge < -0.3 is 19.9 Å². The maximum Gasteiger partial charge on any atom is 0.257 e. The fourth-order valence-corrected chi connectivity index (χ4v) is 4.03. The number of ether oxygens (including phenoxy) is 1. The van der Waals surface area contributed by atoms with Gasteiger partial charge in [0.1, 0.15) is 17.7 Å². The highest BCUT2D eigenvalue weighted by Gasteiger charge is 2.25. The van der Waals surface area contributed by atoms with Crippen LogP contribution in [-0.4, -0.2) is 49.5 Å². The van der Waals surface area contributed by atoms with Crippen molar-refractivity contribution in [2.75, 3.05) is 38.6 Å². The van der Waals surface area contributed by atoms with Gasteiger partial charge in [-0.2, -0.15) is 0 Å². The van der Waals surface area contributed by atoms with E-state index in [4.69, 9.17) is 4.74 Å². The Bertz CT molecular complexity index is 1090. The van der Waals surface area contributed by atoms with E-state index >= 15 is 0 Å². The van der Waals surface area contributed by atoms with E-state index in [9.17, 15) is 9.18 Å². The van der Waals surface area contributed by atoms with Crippen LogP contribution in [-0.2, 0) is 6.54 Å². The molecule has 1 unspecified atom stereocenters. The second-order valence-corrected chi connectivity index (χ2v) is 8.24. The lowest BCUT2D eigenvalue weighted by atomic mass is 10.1. The predicted molar refractivity (Wildman–Crippen MR) is 127 cm³/mol. The van der Waals surface area contributed by atoms with E-state index in [1.54, 1.807) is 18.5 Å². The molecule has 0 saturated carbocycles. The molecule has 7 heteroatoms. The molecule has 0 saturated heterocycles. The van der Waals surface area contributed by atoms with Crippen molar-refractivity contribution < 1.29 is 13.9 Å².